The van der Waals surface area contributed by atoms with Gasteiger partial charge in [0, 0.05) is 24.0 Å². The molecule has 1 aliphatic rings. The third-order valence-electron chi connectivity index (χ3n) is 3.52. The quantitative estimate of drug-likeness (QED) is 0.873. The van der Waals surface area contributed by atoms with Crippen LogP contribution in [0.5, 0.6) is 5.75 Å². The number of hydrogen-bond donors (Lipinski definition) is 1. The highest BCUT2D eigenvalue weighted by Crippen LogP contribution is 2.35. The Morgan fingerprint density at radius 1 is 1.26 bits per heavy atom. The van der Waals surface area contributed by atoms with Crippen molar-refractivity contribution >= 4 is 28.6 Å². The molecular formula is C14H15NO3S. The monoisotopic (exact) mass is 277 g/mol. The van der Waals surface area contributed by atoms with Gasteiger partial charge in [-0.3, -0.25) is 4.90 Å². The summed E-state index contributed by atoms with van der Waals surface area (Å²) in [5.74, 6) is 0.254. The zero-order valence-corrected chi connectivity index (χ0v) is 11.2. The third-order valence-corrected chi connectivity index (χ3v) is 3.78. The molecule has 100 valence electrons. The predicted octanol–water partition coefficient (Wildman–Crippen LogP) is 2.51. The summed E-state index contributed by atoms with van der Waals surface area (Å²) in [5.41, 5.74) is 1.51. The lowest BCUT2D eigenvalue weighted by molar-refractivity contribution is 0.0294. The molecule has 2 heterocycles. The summed E-state index contributed by atoms with van der Waals surface area (Å²) in [4.78, 5) is 2.22. The number of hydrogen-bond acceptors (Lipinski definition) is 5. The molecule has 0 amide bonds. The minimum absolute atomic E-state index is 0.0711. The van der Waals surface area contributed by atoms with Crippen molar-refractivity contribution < 1.29 is 14.3 Å². The molecule has 0 unspecified atom stereocenters. The standard InChI is InChI=1S/C14H15NO3S/c16-14-10(1-2-13-11(14)3-6-18-13)12(9-19)15-4-7-17-8-5-15/h1-3,6,9,12,16H,4-5,7-8H2/t12-/m1/s1. The van der Waals surface area contributed by atoms with Crippen molar-refractivity contribution in [1.29, 1.82) is 0 Å². The number of morpholine rings is 1. The van der Waals surface area contributed by atoms with Gasteiger partial charge in [-0.15, -0.1) is 0 Å². The van der Waals surface area contributed by atoms with E-state index in [-0.39, 0.29) is 11.8 Å². The van der Waals surface area contributed by atoms with Crippen LogP contribution >= 0.6 is 12.2 Å². The van der Waals surface area contributed by atoms with E-state index in [9.17, 15) is 5.11 Å². The maximum Gasteiger partial charge on any atom is 0.137 e. The number of nitrogens with zero attached hydrogens (tertiary/aromatic N) is 1. The Bertz CT molecular complexity index is 589. The van der Waals surface area contributed by atoms with Gasteiger partial charge in [0.05, 0.1) is 30.9 Å². The van der Waals surface area contributed by atoms with E-state index in [0.717, 1.165) is 24.0 Å². The molecule has 1 N–H and O–H groups in total. The molecule has 1 saturated heterocycles. The largest absolute Gasteiger partial charge is 0.507 e. The van der Waals surface area contributed by atoms with Crippen LogP contribution in [0, 0.1) is 0 Å². The summed E-state index contributed by atoms with van der Waals surface area (Å²) >= 11 is 5.16. The maximum absolute atomic E-state index is 10.4. The first-order chi connectivity index (χ1) is 9.31. The van der Waals surface area contributed by atoms with Crippen LogP contribution in [-0.4, -0.2) is 41.7 Å². The lowest BCUT2D eigenvalue weighted by Crippen LogP contribution is -2.39. The fourth-order valence-corrected chi connectivity index (χ4v) is 2.81. The minimum Gasteiger partial charge on any atom is -0.507 e. The van der Waals surface area contributed by atoms with E-state index in [0.29, 0.717) is 18.8 Å². The van der Waals surface area contributed by atoms with E-state index < -0.39 is 0 Å². The van der Waals surface area contributed by atoms with Crippen LogP contribution in [0.25, 0.3) is 11.0 Å². The van der Waals surface area contributed by atoms with E-state index in [2.05, 4.69) is 4.90 Å². The second-order valence-electron chi connectivity index (χ2n) is 4.57. The molecule has 3 rings (SSSR count). The number of fused-ring (bicyclic) bond motifs is 1. The van der Waals surface area contributed by atoms with Crippen molar-refractivity contribution in [2.75, 3.05) is 26.3 Å². The van der Waals surface area contributed by atoms with Gasteiger partial charge in [-0.05, 0) is 18.2 Å². The van der Waals surface area contributed by atoms with Crippen molar-refractivity contribution in [3.8, 4) is 5.75 Å². The second-order valence-corrected chi connectivity index (χ2v) is 4.84. The van der Waals surface area contributed by atoms with Crippen LogP contribution in [0.2, 0.25) is 0 Å². The van der Waals surface area contributed by atoms with Gasteiger partial charge in [-0.1, -0.05) is 12.2 Å². The maximum atomic E-state index is 10.4. The Morgan fingerprint density at radius 2 is 2.05 bits per heavy atom. The highest BCUT2D eigenvalue weighted by Gasteiger charge is 2.24. The molecule has 0 saturated carbocycles. The van der Waals surface area contributed by atoms with Crippen LogP contribution in [0.15, 0.2) is 28.9 Å². The summed E-state index contributed by atoms with van der Waals surface area (Å²) < 4.78 is 10.6. The number of ether oxygens (including phenoxy) is 1. The third kappa shape index (κ3) is 2.25. The Morgan fingerprint density at radius 3 is 2.79 bits per heavy atom. The summed E-state index contributed by atoms with van der Waals surface area (Å²) in [6.07, 6.45) is 1.58. The average Bonchev–Trinajstić information content (AvgIpc) is 2.93. The first-order valence-corrected chi connectivity index (χ1v) is 6.74. The predicted molar refractivity (Wildman–Crippen MR) is 76.7 cm³/mol. The number of phenols is 1. The Hall–Kier alpha value is -1.43. The second kappa shape index (κ2) is 5.28. The fraction of sp³-hybridized carbons (Fsp3) is 0.357. The van der Waals surface area contributed by atoms with Gasteiger partial charge in [0.25, 0.3) is 0 Å². The van der Waals surface area contributed by atoms with E-state index in [1.54, 1.807) is 17.7 Å². The zero-order chi connectivity index (χ0) is 13.2. The lowest BCUT2D eigenvalue weighted by Gasteiger charge is -2.32. The highest BCUT2D eigenvalue weighted by molar-refractivity contribution is 7.79. The van der Waals surface area contributed by atoms with Crippen molar-refractivity contribution in [3.63, 3.8) is 0 Å². The highest BCUT2D eigenvalue weighted by atomic mass is 32.1. The zero-order valence-electron chi connectivity index (χ0n) is 10.4. The molecule has 1 aromatic carbocycles. The molecule has 0 radical (unpaired) electrons. The number of benzene rings is 1. The Labute approximate surface area is 116 Å². The Kier molecular flexibility index (Phi) is 3.50. The van der Waals surface area contributed by atoms with Gasteiger partial charge in [0.15, 0.2) is 0 Å². The Balaban J connectivity index is 2.00. The molecule has 19 heavy (non-hydrogen) atoms. The normalized spacial score (nSPS) is 18.5. The number of rotatable bonds is 3. The molecule has 4 nitrogen and oxygen atoms in total. The molecule has 5 heteroatoms. The average molecular weight is 277 g/mol. The smallest absolute Gasteiger partial charge is 0.137 e. The van der Waals surface area contributed by atoms with Crippen molar-refractivity contribution in [3.05, 3.63) is 30.0 Å². The summed E-state index contributed by atoms with van der Waals surface area (Å²) in [6.45, 7) is 3.05. The van der Waals surface area contributed by atoms with E-state index in [1.165, 1.54) is 0 Å². The molecule has 2 aromatic rings. The topological polar surface area (TPSA) is 45.8 Å². The van der Waals surface area contributed by atoms with Crippen molar-refractivity contribution in [2.24, 2.45) is 0 Å². The number of phenolic OH excluding ortho intramolecular Hbond substituents is 1. The van der Waals surface area contributed by atoms with Gasteiger partial charge in [0.1, 0.15) is 11.3 Å². The van der Waals surface area contributed by atoms with E-state index in [1.807, 2.05) is 12.1 Å². The van der Waals surface area contributed by atoms with Gasteiger partial charge < -0.3 is 14.3 Å². The first kappa shape index (κ1) is 12.6. The van der Waals surface area contributed by atoms with Crippen molar-refractivity contribution in [2.45, 2.75) is 6.04 Å². The number of furan rings is 1. The SMILES string of the molecule is Oc1c([C@@H](C=S)N2CCOCC2)ccc2occc12. The molecule has 0 bridgehead atoms. The summed E-state index contributed by atoms with van der Waals surface area (Å²) in [7, 11) is 0. The summed E-state index contributed by atoms with van der Waals surface area (Å²) in [5, 5.41) is 12.8. The number of aromatic hydroxyl groups is 1. The number of thiocarbonyl (C=S) groups is 1. The molecule has 1 aliphatic heterocycles. The minimum atomic E-state index is -0.0711. The molecule has 1 aromatic heterocycles. The van der Waals surface area contributed by atoms with E-state index in [4.69, 9.17) is 21.4 Å². The summed E-state index contributed by atoms with van der Waals surface area (Å²) in [6, 6.07) is 5.45. The lowest BCUT2D eigenvalue weighted by atomic mass is 10.0. The first-order valence-electron chi connectivity index (χ1n) is 6.27. The molecule has 1 atom stereocenters. The van der Waals surface area contributed by atoms with E-state index >= 15 is 0 Å². The molecule has 1 fully saturated rings. The molecule has 0 aliphatic carbocycles. The molecule has 0 spiro atoms. The fourth-order valence-electron chi connectivity index (χ4n) is 2.50. The van der Waals surface area contributed by atoms with Crippen molar-refractivity contribution in [1.82, 2.24) is 4.90 Å². The van der Waals surface area contributed by atoms with Crippen LogP contribution in [0.1, 0.15) is 11.6 Å². The van der Waals surface area contributed by atoms with Crippen LogP contribution in [0.3, 0.4) is 0 Å². The van der Waals surface area contributed by atoms with Crippen LogP contribution < -0.4 is 0 Å². The van der Waals surface area contributed by atoms with Gasteiger partial charge >= 0.3 is 0 Å². The van der Waals surface area contributed by atoms with Gasteiger partial charge in [-0.2, -0.15) is 0 Å². The van der Waals surface area contributed by atoms with Crippen LogP contribution in [0.4, 0.5) is 0 Å². The van der Waals surface area contributed by atoms with Crippen LogP contribution in [-0.2, 0) is 4.74 Å². The molecular weight excluding hydrogens is 262 g/mol. The van der Waals surface area contributed by atoms with Gasteiger partial charge in [0.2, 0.25) is 0 Å². The van der Waals surface area contributed by atoms with Gasteiger partial charge in [-0.25, -0.2) is 0 Å².